The lowest BCUT2D eigenvalue weighted by molar-refractivity contribution is 0.247. The van der Waals surface area contributed by atoms with E-state index in [4.69, 9.17) is 9.47 Å². The number of aryl methyl sites for hydroxylation is 1. The minimum Gasteiger partial charge on any atom is -0.483 e. The normalized spacial score (nSPS) is 14.5. The summed E-state index contributed by atoms with van der Waals surface area (Å²) in [5, 5.41) is 14.5. The predicted molar refractivity (Wildman–Crippen MR) is 133 cm³/mol. The lowest BCUT2D eigenvalue weighted by Gasteiger charge is -2.20. The van der Waals surface area contributed by atoms with Crippen LogP contribution in [0.25, 0.3) is 10.9 Å². The Labute approximate surface area is 214 Å². The van der Waals surface area contributed by atoms with Crippen molar-refractivity contribution in [1.82, 2.24) is 30.6 Å². The smallest absolute Gasteiger partial charge is 0.187 e. The molecule has 1 aliphatic rings. The highest BCUT2D eigenvalue weighted by molar-refractivity contribution is 7.99. The van der Waals surface area contributed by atoms with Crippen LogP contribution < -0.4 is 9.47 Å². The molecule has 1 N–H and O–H groups in total. The van der Waals surface area contributed by atoms with Crippen molar-refractivity contribution in [1.29, 1.82) is 0 Å². The van der Waals surface area contributed by atoms with Crippen molar-refractivity contribution in [3.8, 4) is 11.5 Å². The van der Waals surface area contributed by atoms with Crippen LogP contribution in [-0.2, 0) is 19.4 Å². The van der Waals surface area contributed by atoms with Crippen molar-refractivity contribution in [3.63, 3.8) is 0 Å². The molecule has 8 nitrogen and oxygen atoms in total. The Morgan fingerprint density at radius 2 is 1.95 bits per heavy atom. The molecule has 11 heteroatoms. The lowest BCUT2D eigenvalue weighted by atomic mass is 10.0. The van der Waals surface area contributed by atoms with Crippen LogP contribution in [0.2, 0.25) is 0 Å². The van der Waals surface area contributed by atoms with Crippen molar-refractivity contribution in [2.45, 2.75) is 24.9 Å². The molecule has 0 spiro atoms. The van der Waals surface area contributed by atoms with Crippen molar-refractivity contribution in [2.75, 3.05) is 5.75 Å². The molecule has 0 bridgehead atoms. The van der Waals surface area contributed by atoms with Gasteiger partial charge in [-0.15, -0.1) is 16.9 Å². The molecule has 0 radical (unpaired) electrons. The average molecular weight is 519 g/mol. The van der Waals surface area contributed by atoms with Gasteiger partial charge in [-0.2, -0.15) is 0 Å². The maximum absolute atomic E-state index is 13.7. The molecule has 1 atom stereocenters. The first-order chi connectivity index (χ1) is 18.1. The van der Waals surface area contributed by atoms with Crippen LogP contribution >= 0.6 is 11.8 Å². The van der Waals surface area contributed by atoms with Crippen molar-refractivity contribution in [2.24, 2.45) is 0 Å². The van der Waals surface area contributed by atoms with Gasteiger partial charge in [0.1, 0.15) is 12.4 Å². The van der Waals surface area contributed by atoms with Crippen molar-refractivity contribution < 1.29 is 18.3 Å². The summed E-state index contributed by atoms with van der Waals surface area (Å²) in [6, 6.07) is 15.4. The molecule has 3 aromatic heterocycles. The van der Waals surface area contributed by atoms with Gasteiger partial charge in [0.05, 0.1) is 16.9 Å². The zero-order valence-corrected chi connectivity index (χ0v) is 20.2. The van der Waals surface area contributed by atoms with Gasteiger partial charge in [-0.25, -0.2) is 18.9 Å². The number of fused-ring (bicyclic) bond motifs is 3. The second-order valence-corrected chi connectivity index (χ2v) is 9.61. The van der Waals surface area contributed by atoms with Crippen LogP contribution in [0.4, 0.5) is 8.78 Å². The van der Waals surface area contributed by atoms with Crippen LogP contribution in [0, 0.1) is 11.6 Å². The van der Waals surface area contributed by atoms with Gasteiger partial charge in [0.2, 0.25) is 0 Å². The number of nitrogens with zero attached hydrogens (tertiary/aromatic N) is 5. The maximum atomic E-state index is 13.7. The van der Waals surface area contributed by atoms with E-state index in [1.807, 2.05) is 24.3 Å². The van der Waals surface area contributed by atoms with E-state index in [1.165, 1.54) is 0 Å². The first kappa shape index (κ1) is 23.3. The molecule has 0 saturated carbocycles. The van der Waals surface area contributed by atoms with E-state index in [0.717, 1.165) is 29.0 Å². The van der Waals surface area contributed by atoms with Gasteiger partial charge in [-0.05, 0) is 40.3 Å². The predicted octanol–water partition coefficient (Wildman–Crippen LogP) is 4.96. The Morgan fingerprint density at radius 1 is 1.05 bits per heavy atom. The molecule has 0 saturated heterocycles. The number of nitrogens with one attached hydrogen (secondary N) is 1. The second kappa shape index (κ2) is 10.1. The Morgan fingerprint density at radius 3 is 2.84 bits per heavy atom. The third-order valence-corrected chi connectivity index (χ3v) is 7.04. The molecule has 37 heavy (non-hydrogen) atoms. The fraction of sp³-hybridized carbons (Fsp3) is 0.192. The maximum Gasteiger partial charge on any atom is 0.187 e. The number of hydrogen-bond donors (Lipinski definition) is 1. The first-order valence-corrected chi connectivity index (χ1v) is 12.6. The van der Waals surface area contributed by atoms with Gasteiger partial charge in [-0.1, -0.05) is 24.3 Å². The van der Waals surface area contributed by atoms with Crippen LogP contribution in [0.15, 0.2) is 60.8 Å². The average Bonchev–Trinajstić information content (AvgIpc) is 3.37. The summed E-state index contributed by atoms with van der Waals surface area (Å²) in [6.07, 6.45) is 3.07. The molecule has 1 unspecified atom stereocenters. The number of rotatable bonds is 7. The molecule has 5 aromatic rings. The molecule has 1 aliphatic heterocycles. The number of pyridine rings is 2. The van der Waals surface area contributed by atoms with E-state index >= 15 is 0 Å². The third kappa shape index (κ3) is 4.94. The largest absolute Gasteiger partial charge is 0.483 e. The number of para-hydroxylation sites is 1. The fourth-order valence-corrected chi connectivity index (χ4v) is 5.24. The third-order valence-electron chi connectivity index (χ3n) is 5.98. The van der Waals surface area contributed by atoms with Gasteiger partial charge < -0.3 is 9.47 Å². The van der Waals surface area contributed by atoms with Gasteiger partial charge in [0, 0.05) is 41.8 Å². The zero-order valence-electron chi connectivity index (χ0n) is 19.4. The number of H-pyrrole nitrogens is 1. The molecular weight excluding hydrogens is 498 g/mol. The zero-order chi connectivity index (χ0) is 25.2. The molecule has 0 amide bonds. The monoisotopic (exact) mass is 518 g/mol. The van der Waals surface area contributed by atoms with Crippen LogP contribution in [0.3, 0.4) is 0 Å². The first-order valence-electron chi connectivity index (χ1n) is 11.6. The Bertz CT molecular complexity index is 1570. The number of halogens is 2. The number of benzene rings is 2. The Kier molecular flexibility index (Phi) is 6.35. The molecule has 0 aliphatic carbocycles. The molecule has 2 aromatic carbocycles. The molecule has 4 heterocycles. The second-order valence-electron chi connectivity index (χ2n) is 8.44. The summed E-state index contributed by atoms with van der Waals surface area (Å²) in [4.78, 5) is 9.05. The number of ether oxygens (including phenoxy) is 2. The summed E-state index contributed by atoms with van der Waals surface area (Å²) in [7, 11) is 0. The lowest BCUT2D eigenvalue weighted by Crippen LogP contribution is -2.09. The van der Waals surface area contributed by atoms with Crippen LogP contribution in [0.1, 0.15) is 33.8 Å². The molecular formula is C26H20F2N6O2S. The molecule has 0 fully saturated rings. The Hall–Kier alpha value is -4.12. The molecule has 6 rings (SSSR count). The summed E-state index contributed by atoms with van der Waals surface area (Å²) in [5.41, 5.74) is 3.54. The summed E-state index contributed by atoms with van der Waals surface area (Å²) < 4.78 is 39.9. The SMILES string of the molecule is Fc1cc2ccc(COc3cccc4c3OC(SCCc3nnn[nH]3)c3ncccc3C4)nc2cc1F. The number of tetrazole rings is 1. The highest BCUT2D eigenvalue weighted by Crippen LogP contribution is 2.43. The van der Waals surface area contributed by atoms with E-state index in [2.05, 4.69) is 36.7 Å². The molecule has 186 valence electrons. The van der Waals surface area contributed by atoms with Crippen LogP contribution in [0.5, 0.6) is 11.5 Å². The van der Waals surface area contributed by atoms with E-state index in [9.17, 15) is 8.78 Å². The highest BCUT2D eigenvalue weighted by Gasteiger charge is 2.27. The number of aromatic amines is 1. The summed E-state index contributed by atoms with van der Waals surface area (Å²) in [6.45, 7) is 0.135. The van der Waals surface area contributed by atoms with Gasteiger partial charge in [0.25, 0.3) is 0 Å². The topological polar surface area (TPSA) is 98.7 Å². The highest BCUT2D eigenvalue weighted by atomic mass is 32.2. The van der Waals surface area contributed by atoms with Gasteiger partial charge >= 0.3 is 0 Å². The summed E-state index contributed by atoms with van der Waals surface area (Å²) >= 11 is 1.61. The van der Waals surface area contributed by atoms with Gasteiger partial charge in [-0.3, -0.25) is 4.98 Å². The van der Waals surface area contributed by atoms with Gasteiger partial charge in [0.15, 0.2) is 28.6 Å². The number of thioether (sulfide) groups is 1. The van der Waals surface area contributed by atoms with E-state index < -0.39 is 11.6 Å². The van der Waals surface area contributed by atoms with E-state index in [-0.39, 0.29) is 12.0 Å². The minimum atomic E-state index is -0.934. The summed E-state index contributed by atoms with van der Waals surface area (Å²) in [5.74, 6) is 0.806. The number of aromatic nitrogens is 6. The van der Waals surface area contributed by atoms with Crippen LogP contribution in [-0.4, -0.2) is 36.3 Å². The minimum absolute atomic E-state index is 0.135. The standard InChI is InChI=1S/C26H20F2N6O2S/c27-19-12-15-6-7-18(30-21(15)13-20(19)28)14-35-22-5-1-3-17-11-16-4-2-9-29-24(16)26(36-25(17)22)37-10-8-23-31-33-34-32-23/h1-7,9,12-13,26H,8,10-11,14H2,(H,31,32,33,34). The fourth-order valence-electron chi connectivity index (χ4n) is 4.18. The van der Waals surface area contributed by atoms with Crippen molar-refractivity contribution >= 4 is 22.7 Å². The quantitative estimate of drug-likeness (QED) is 0.323. The van der Waals surface area contributed by atoms with E-state index in [1.54, 1.807) is 30.1 Å². The van der Waals surface area contributed by atoms with E-state index in [0.29, 0.717) is 52.5 Å². The number of hydrogen-bond acceptors (Lipinski definition) is 8. The van der Waals surface area contributed by atoms with Crippen molar-refractivity contribution in [3.05, 3.63) is 101 Å². The Balaban J connectivity index is 1.24.